The van der Waals surface area contributed by atoms with Crippen molar-refractivity contribution in [1.82, 2.24) is 14.5 Å². The van der Waals surface area contributed by atoms with Gasteiger partial charge in [0.05, 0.1) is 0 Å². The normalized spacial score (nSPS) is 10.5. The molecule has 5 heteroatoms. The monoisotopic (exact) mass is 177 g/mol. The van der Waals surface area contributed by atoms with Gasteiger partial charge in [0, 0.05) is 25.0 Å². The first kappa shape index (κ1) is 7.72. The van der Waals surface area contributed by atoms with Crippen LogP contribution >= 0.6 is 0 Å². The second kappa shape index (κ2) is 2.55. The highest BCUT2D eigenvalue weighted by atomic mass is 16.4. The van der Waals surface area contributed by atoms with Crippen molar-refractivity contribution < 1.29 is 9.90 Å². The van der Waals surface area contributed by atoms with Crippen LogP contribution in [0.25, 0.3) is 11.4 Å². The Balaban J connectivity index is 2.74. The molecule has 13 heavy (non-hydrogen) atoms. The Morgan fingerprint density at radius 2 is 2.31 bits per heavy atom. The Morgan fingerprint density at radius 1 is 1.54 bits per heavy atom. The summed E-state index contributed by atoms with van der Waals surface area (Å²) < 4.78 is 1.46. The topological polar surface area (TPSA) is 68.0 Å². The fourth-order valence-corrected chi connectivity index (χ4v) is 1.23. The predicted molar refractivity (Wildman–Crippen MR) is 44.6 cm³/mol. The number of hydrogen-bond donors (Lipinski definition) is 1. The van der Waals surface area contributed by atoms with Crippen LogP contribution in [0.3, 0.4) is 0 Å². The number of carboxylic acid groups (broad SMARTS) is 1. The molecule has 2 rings (SSSR count). The van der Waals surface area contributed by atoms with E-state index in [2.05, 4.69) is 9.97 Å². The SMILES string of the molecule is Cn1c(C(=O)O)ncc2ccnc1-2. The summed E-state index contributed by atoms with van der Waals surface area (Å²) in [6, 6.07) is 1.79. The lowest BCUT2D eigenvalue weighted by molar-refractivity contribution is 0.0678. The minimum Gasteiger partial charge on any atom is -0.475 e. The van der Waals surface area contributed by atoms with E-state index in [0.29, 0.717) is 5.82 Å². The second-order valence-electron chi connectivity index (χ2n) is 2.67. The minimum absolute atomic E-state index is 0.00815. The minimum atomic E-state index is -1.05. The number of hydrogen-bond acceptors (Lipinski definition) is 3. The van der Waals surface area contributed by atoms with Gasteiger partial charge in [-0.2, -0.15) is 0 Å². The molecule has 0 amide bonds. The maximum atomic E-state index is 10.7. The average Bonchev–Trinajstić information content (AvgIpc) is 2.52. The van der Waals surface area contributed by atoms with Crippen molar-refractivity contribution in [2.24, 2.45) is 7.05 Å². The number of rotatable bonds is 1. The van der Waals surface area contributed by atoms with Crippen LogP contribution in [0.5, 0.6) is 0 Å². The summed E-state index contributed by atoms with van der Waals surface area (Å²) in [5.41, 5.74) is 0.840. The van der Waals surface area contributed by atoms with Gasteiger partial charge in [-0.05, 0) is 6.07 Å². The molecule has 0 saturated carbocycles. The molecule has 2 aliphatic rings. The zero-order valence-electron chi connectivity index (χ0n) is 6.93. The Hall–Kier alpha value is -1.91. The van der Waals surface area contributed by atoms with Crippen LogP contribution in [-0.4, -0.2) is 25.6 Å². The number of carboxylic acids is 1. The zero-order valence-corrected chi connectivity index (χ0v) is 6.93. The summed E-state index contributed by atoms with van der Waals surface area (Å²) in [7, 11) is 1.63. The van der Waals surface area contributed by atoms with Crippen LogP contribution in [-0.2, 0) is 7.05 Å². The first-order chi connectivity index (χ1) is 6.20. The van der Waals surface area contributed by atoms with E-state index in [9.17, 15) is 4.79 Å². The lowest BCUT2D eigenvalue weighted by Crippen LogP contribution is -2.13. The summed E-state index contributed by atoms with van der Waals surface area (Å²) in [5, 5.41) is 8.75. The second-order valence-corrected chi connectivity index (χ2v) is 2.67. The quantitative estimate of drug-likeness (QED) is 0.693. The average molecular weight is 177 g/mol. The molecule has 0 spiro atoms. The van der Waals surface area contributed by atoms with Crippen molar-refractivity contribution in [3.8, 4) is 11.4 Å². The Labute approximate surface area is 74.0 Å². The number of aromatic carboxylic acids is 1. The fourth-order valence-electron chi connectivity index (χ4n) is 1.23. The first-order valence-corrected chi connectivity index (χ1v) is 3.70. The van der Waals surface area contributed by atoms with E-state index in [-0.39, 0.29) is 5.82 Å². The van der Waals surface area contributed by atoms with Gasteiger partial charge in [-0.3, -0.25) is 0 Å². The van der Waals surface area contributed by atoms with Crippen molar-refractivity contribution >= 4 is 5.97 Å². The molecule has 0 radical (unpaired) electrons. The summed E-state index contributed by atoms with van der Waals surface area (Å²) >= 11 is 0. The smallest absolute Gasteiger partial charge is 0.372 e. The molecule has 0 aromatic heterocycles. The third kappa shape index (κ3) is 1.05. The summed E-state index contributed by atoms with van der Waals surface area (Å²) in [6.45, 7) is 0. The van der Waals surface area contributed by atoms with Crippen molar-refractivity contribution in [2.75, 3.05) is 0 Å². The van der Waals surface area contributed by atoms with Gasteiger partial charge in [-0.15, -0.1) is 0 Å². The van der Waals surface area contributed by atoms with Crippen LogP contribution in [0.2, 0.25) is 0 Å². The van der Waals surface area contributed by atoms with E-state index >= 15 is 0 Å². The van der Waals surface area contributed by atoms with Crippen LogP contribution in [0.4, 0.5) is 0 Å². The summed E-state index contributed by atoms with van der Waals surface area (Å²) in [6.07, 6.45) is 3.13. The Kier molecular flexibility index (Phi) is 1.51. The highest BCUT2D eigenvalue weighted by molar-refractivity contribution is 5.84. The highest BCUT2D eigenvalue weighted by Gasteiger charge is 2.14. The molecule has 0 bridgehead atoms. The molecule has 0 aliphatic carbocycles. The molecular weight excluding hydrogens is 170 g/mol. The maximum absolute atomic E-state index is 10.7. The van der Waals surface area contributed by atoms with Crippen LogP contribution in [0.15, 0.2) is 18.5 Å². The molecule has 5 nitrogen and oxygen atoms in total. The van der Waals surface area contributed by atoms with Crippen LogP contribution in [0, 0.1) is 0 Å². The summed E-state index contributed by atoms with van der Waals surface area (Å²) in [5.74, 6) is -0.425. The van der Waals surface area contributed by atoms with Crippen molar-refractivity contribution in [3.05, 3.63) is 24.3 Å². The number of aromatic nitrogens is 3. The van der Waals surface area contributed by atoms with Gasteiger partial charge in [0.25, 0.3) is 0 Å². The molecule has 0 saturated heterocycles. The molecule has 0 atom stereocenters. The van der Waals surface area contributed by atoms with E-state index in [4.69, 9.17) is 5.11 Å². The van der Waals surface area contributed by atoms with Gasteiger partial charge in [0.15, 0.2) is 0 Å². The standard InChI is InChI=1S/C8H7N3O2/c1-11-6-5(2-3-9-6)4-10-7(11)8(12)13/h2-4H,1H3,(H,12,13). The van der Waals surface area contributed by atoms with Gasteiger partial charge >= 0.3 is 5.97 Å². The van der Waals surface area contributed by atoms with Crippen molar-refractivity contribution in [3.63, 3.8) is 0 Å². The van der Waals surface area contributed by atoms with Crippen molar-refractivity contribution in [1.29, 1.82) is 0 Å². The van der Waals surface area contributed by atoms with E-state index in [1.54, 1.807) is 19.3 Å². The van der Waals surface area contributed by atoms with Gasteiger partial charge < -0.3 is 9.67 Å². The molecule has 0 unspecified atom stereocenters. The molecule has 2 heterocycles. The maximum Gasteiger partial charge on any atom is 0.372 e. The zero-order chi connectivity index (χ0) is 9.42. The van der Waals surface area contributed by atoms with Crippen molar-refractivity contribution in [2.45, 2.75) is 0 Å². The van der Waals surface area contributed by atoms with Gasteiger partial charge in [-0.1, -0.05) is 0 Å². The number of nitrogens with zero attached hydrogens (tertiary/aromatic N) is 3. The van der Waals surface area contributed by atoms with Crippen LogP contribution < -0.4 is 0 Å². The molecule has 1 N–H and O–H groups in total. The van der Waals surface area contributed by atoms with E-state index in [0.717, 1.165) is 5.56 Å². The van der Waals surface area contributed by atoms with E-state index in [1.165, 1.54) is 10.8 Å². The van der Waals surface area contributed by atoms with E-state index in [1.807, 2.05) is 0 Å². The fraction of sp³-hybridized carbons (Fsp3) is 0.125. The van der Waals surface area contributed by atoms with Gasteiger partial charge in [0.2, 0.25) is 5.82 Å². The third-order valence-electron chi connectivity index (χ3n) is 1.86. The Bertz CT molecular complexity index is 435. The number of carbonyl (C=O) groups is 1. The molecule has 0 aromatic carbocycles. The lowest BCUT2D eigenvalue weighted by Gasteiger charge is -2.07. The first-order valence-electron chi connectivity index (χ1n) is 3.70. The molecule has 66 valence electrons. The van der Waals surface area contributed by atoms with E-state index < -0.39 is 5.97 Å². The predicted octanol–water partition coefficient (Wildman–Crippen LogP) is 0.618. The van der Waals surface area contributed by atoms with Crippen LogP contribution in [0.1, 0.15) is 10.6 Å². The third-order valence-corrected chi connectivity index (χ3v) is 1.86. The largest absolute Gasteiger partial charge is 0.475 e. The number of fused-ring (bicyclic) bond motifs is 1. The molecule has 0 fully saturated rings. The molecule has 2 aliphatic heterocycles. The lowest BCUT2D eigenvalue weighted by atomic mass is 10.3. The molecule has 0 aromatic rings. The van der Waals surface area contributed by atoms with Gasteiger partial charge in [0.1, 0.15) is 5.82 Å². The summed E-state index contributed by atoms with van der Waals surface area (Å²) in [4.78, 5) is 18.5. The highest BCUT2D eigenvalue weighted by Crippen LogP contribution is 2.18. The molecular formula is C8H7N3O2. The van der Waals surface area contributed by atoms with Gasteiger partial charge in [-0.25, -0.2) is 14.8 Å². The Morgan fingerprint density at radius 3 is 3.00 bits per heavy atom.